The van der Waals surface area contributed by atoms with Crippen LogP contribution in [0.5, 0.6) is 0 Å². The van der Waals surface area contributed by atoms with Crippen LogP contribution in [0.4, 0.5) is 11.4 Å². The molecule has 0 atom stereocenters. The van der Waals surface area contributed by atoms with E-state index in [0.29, 0.717) is 43.2 Å². The highest BCUT2D eigenvalue weighted by Gasteiger charge is 2.27. The minimum absolute atomic E-state index is 0.0519. The molecule has 3 heterocycles. The van der Waals surface area contributed by atoms with E-state index in [2.05, 4.69) is 4.90 Å². The highest BCUT2D eigenvalue weighted by molar-refractivity contribution is 6.01. The van der Waals surface area contributed by atoms with E-state index in [9.17, 15) is 9.59 Å². The fourth-order valence-electron chi connectivity index (χ4n) is 3.97. The number of nitrogens with zero attached hydrogens (tertiary/aromatic N) is 3. The third-order valence-corrected chi connectivity index (χ3v) is 5.53. The Morgan fingerprint density at radius 3 is 2.25 bits per heavy atom. The Labute approximate surface area is 164 Å². The van der Waals surface area contributed by atoms with Crippen molar-refractivity contribution in [3.63, 3.8) is 0 Å². The van der Waals surface area contributed by atoms with E-state index >= 15 is 0 Å². The molecule has 2 aliphatic heterocycles. The molecule has 1 aromatic carbocycles. The first kappa shape index (κ1) is 18.4. The third kappa shape index (κ3) is 3.69. The highest BCUT2D eigenvalue weighted by Crippen LogP contribution is 2.27. The quantitative estimate of drug-likeness (QED) is 0.825. The van der Waals surface area contributed by atoms with Gasteiger partial charge in [0.1, 0.15) is 0 Å². The van der Waals surface area contributed by atoms with Gasteiger partial charge < -0.3 is 24.9 Å². The van der Waals surface area contributed by atoms with Gasteiger partial charge in [-0.05, 0) is 49.6 Å². The summed E-state index contributed by atoms with van der Waals surface area (Å²) in [5.74, 6) is 0.324. The molecule has 0 aliphatic carbocycles. The zero-order chi connectivity index (χ0) is 19.5. The van der Waals surface area contributed by atoms with E-state index in [1.54, 1.807) is 23.1 Å². The molecule has 0 unspecified atom stereocenters. The second kappa shape index (κ2) is 7.96. The molecule has 2 amide bonds. The van der Waals surface area contributed by atoms with Gasteiger partial charge in [-0.2, -0.15) is 0 Å². The zero-order valence-electron chi connectivity index (χ0n) is 16.0. The van der Waals surface area contributed by atoms with E-state index in [1.165, 1.54) is 12.7 Å². The predicted octanol–water partition coefficient (Wildman–Crippen LogP) is 2.45. The Kier molecular flexibility index (Phi) is 5.23. The molecule has 0 saturated carbocycles. The molecule has 7 heteroatoms. The van der Waals surface area contributed by atoms with Crippen molar-refractivity contribution in [3.8, 4) is 0 Å². The average molecular weight is 382 g/mol. The van der Waals surface area contributed by atoms with E-state index in [-0.39, 0.29) is 11.8 Å². The number of likely N-dealkylation sites (tertiary alicyclic amines) is 1. The lowest BCUT2D eigenvalue weighted by molar-refractivity contribution is 0.0705. The van der Waals surface area contributed by atoms with E-state index < -0.39 is 0 Å². The fourth-order valence-corrected chi connectivity index (χ4v) is 3.97. The number of hydrogen-bond acceptors (Lipinski definition) is 5. The zero-order valence-corrected chi connectivity index (χ0v) is 16.0. The van der Waals surface area contributed by atoms with E-state index in [1.807, 2.05) is 17.0 Å². The van der Waals surface area contributed by atoms with Crippen molar-refractivity contribution >= 4 is 23.2 Å². The summed E-state index contributed by atoms with van der Waals surface area (Å²) < 4.78 is 5.22. The number of carbonyl (C=O) groups excluding carboxylic acids is 2. The van der Waals surface area contributed by atoms with Gasteiger partial charge in [-0.3, -0.25) is 9.59 Å². The van der Waals surface area contributed by atoms with Gasteiger partial charge in [0.15, 0.2) is 5.76 Å². The van der Waals surface area contributed by atoms with Crippen molar-refractivity contribution in [2.24, 2.45) is 0 Å². The molecular formula is C21H26N4O3. The van der Waals surface area contributed by atoms with Gasteiger partial charge in [0.2, 0.25) is 0 Å². The number of amides is 2. The second-order valence-electron chi connectivity index (χ2n) is 7.39. The molecule has 2 fully saturated rings. The predicted molar refractivity (Wildman–Crippen MR) is 107 cm³/mol. The standard InChI is InChI=1S/C21H26N4O3/c22-16-6-7-18(17(15-16)20(26)24-8-2-1-3-9-24)23-10-12-25(13-11-23)21(27)19-5-4-14-28-19/h4-7,14-15H,1-3,8-13,22H2. The van der Waals surface area contributed by atoms with Crippen molar-refractivity contribution in [1.29, 1.82) is 0 Å². The van der Waals surface area contributed by atoms with E-state index in [0.717, 1.165) is 31.6 Å². The van der Waals surface area contributed by atoms with Crippen molar-refractivity contribution in [1.82, 2.24) is 9.80 Å². The second-order valence-corrected chi connectivity index (χ2v) is 7.39. The number of nitrogens with two attached hydrogens (primary N) is 1. The number of furan rings is 1. The summed E-state index contributed by atoms with van der Waals surface area (Å²) in [6.45, 7) is 4.10. The van der Waals surface area contributed by atoms with Crippen LogP contribution < -0.4 is 10.6 Å². The van der Waals surface area contributed by atoms with Gasteiger partial charge in [0.25, 0.3) is 11.8 Å². The summed E-state index contributed by atoms with van der Waals surface area (Å²) in [7, 11) is 0. The largest absolute Gasteiger partial charge is 0.459 e. The summed E-state index contributed by atoms with van der Waals surface area (Å²) in [6.07, 6.45) is 4.80. The molecule has 2 aromatic rings. The van der Waals surface area contributed by atoms with Gasteiger partial charge in [-0.1, -0.05) is 0 Å². The Balaban J connectivity index is 1.49. The van der Waals surface area contributed by atoms with Gasteiger partial charge in [-0.25, -0.2) is 0 Å². The lowest BCUT2D eigenvalue weighted by atomic mass is 10.1. The number of piperazine rings is 1. The van der Waals surface area contributed by atoms with Crippen molar-refractivity contribution in [2.75, 3.05) is 49.9 Å². The van der Waals surface area contributed by atoms with Gasteiger partial charge in [-0.15, -0.1) is 0 Å². The molecule has 148 valence electrons. The number of anilines is 2. The van der Waals surface area contributed by atoms with Crippen molar-refractivity contribution in [3.05, 3.63) is 47.9 Å². The van der Waals surface area contributed by atoms with Gasteiger partial charge >= 0.3 is 0 Å². The number of piperidine rings is 1. The van der Waals surface area contributed by atoms with Crippen LogP contribution in [0.2, 0.25) is 0 Å². The maximum Gasteiger partial charge on any atom is 0.289 e. The molecule has 2 saturated heterocycles. The third-order valence-electron chi connectivity index (χ3n) is 5.53. The molecule has 7 nitrogen and oxygen atoms in total. The van der Waals surface area contributed by atoms with Crippen LogP contribution in [0.25, 0.3) is 0 Å². The molecule has 0 spiro atoms. The Hall–Kier alpha value is -2.96. The van der Waals surface area contributed by atoms with Crippen LogP contribution >= 0.6 is 0 Å². The van der Waals surface area contributed by atoms with Crippen LogP contribution in [0.3, 0.4) is 0 Å². The Bertz CT molecular complexity index is 835. The lowest BCUT2D eigenvalue weighted by Crippen LogP contribution is -2.49. The minimum Gasteiger partial charge on any atom is -0.459 e. The van der Waals surface area contributed by atoms with Crippen LogP contribution in [0.1, 0.15) is 40.2 Å². The Morgan fingerprint density at radius 1 is 0.857 bits per heavy atom. The maximum atomic E-state index is 13.1. The molecule has 0 radical (unpaired) electrons. The maximum absolute atomic E-state index is 13.1. The van der Waals surface area contributed by atoms with Crippen molar-refractivity contribution < 1.29 is 14.0 Å². The van der Waals surface area contributed by atoms with Crippen LogP contribution in [0, 0.1) is 0 Å². The van der Waals surface area contributed by atoms with Gasteiger partial charge in [0.05, 0.1) is 11.8 Å². The lowest BCUT2D eigenvalue weighted by Gasteiger charge is -2.37. The summed E-state index contributed by atoms with van der Waals surface area (Å²) in [6, 6.07) is 8.95. The first-order valence-electron chi connectivity index (χ1n) is 9.90. The Morgan fingerprint density at radius 2 is 1.57 bits per heavy atom. The minimum atomic E-state index is -0.0911. The summed E-state index contributed by atoms with van der Waals surface area (Å²) in [5, 5.41) is 0. The first-order chi connectivity index (χ1) is 13.6. The summed E-state index contributed by atoms with van der Waals surface area (Å²) in [5.41, 5.74) is 8.14. The first-order valence-corrected chi connectivity index (χ1v) is 9.90. The summed E-state index contributed by atoms with van der Waals surface area (Å²) in [4.78, 5) is 31.5. The molecule has 2 aliphatic rings. The van der Waals surface area contributed by atoms with E-state index in [4.69, 9.17) is 10.2 Å². The highest BCUT2D eigenvalue weighted by atomic mass is 16.3. The molecule has 1 aromatic heterocycles. The molecule has 4 rings (SSSR count). The number of carbonyl (C=O) groups is 2. The normalized spacial score (nSPS) is 17.6. The van der Waals surface area contributed by atoms with Crippen LogP contribution in [0.15, 0.2) is 41.0 Å². The van der Waals surface area contributed by atoms with Crippen molar-refractivity contribution in [2.45, 2.75) is 19.3 Å². The molecule has 28 heavy (non-hydrogen) atoms. The smallest absolute Gasteiger partial charge is 0.289 e. The summed E-state index contributed by atoms with van der Waals surface area (Å²) >= 11 is 0. The molecule has 0 bridgehead atoms. The average Bonchev–Trinajstić information content (AvgIpc) is 3.28. The number of nitrogen functional groups attached to an aromatic ring is 1. The number of benzene rings is 1. The number of hydrogen-bond donors (Lipinski definition) is 1. The molecule has 2 N–H and O–H groups in total. The topological polar surface area (TPSA) is 83.0 Å². The number of rotatable bonds is 3. The molecular weight excluding hydrogens is 356 g/mol. The SMILES string of the molecule is Nc1ccc(N2CCN(C(=O)c3ccco3)CC2)c(C(=O)N2CCCCC2)c1. The monoisotopic (exact) mass is 382 g/mol. The fraction of sp³-hybridized carbons (Fsp3) is 0.429. The van der Waals surface area contributed by atoms with Crippen LogP contribution in [-0.4, -0.2) is 60.9 Å². The van der Waals surface area contributed by atoms with Gasteiger partial charge in [0, 0.05) is 50.6 Å². The van der Waals surface area contributed by atoms with Crippen LogP contribution in [-0.2, 0) is 0 Å².